The average Bonchev–Trinajstić information content (AvgIpc) is 2.97. The van der Waals surface area contributed by atoms with Crippen LogP contribution < -0.4 is 14.8 Å². The van der Waals surface area contributed by atoms with Gasteiger partial charge in [-0.2, -0.15) is 0 Å². The first-order valence-corrected chi connectivity index (χ1v) is 7.76. The SMILES string of the molecule is CNS(=O)(=O)c1ccc(CNCc2cccnc2OC)o1. The molecular formula is C13H17N3O4S. The molecule has 0 aliphatic carbocycles. The van der Waals surface area contributed by atoms with E-state index >= 15 is 0 Å². The van der Waals surface area contributed by atoms with Gasteiger partial charge in [-0.25, -0.2) is 18.1 Å². The van der Waals surface area contributed by atoms with E-state index < -0.39 is 10.0 Å². The lowest BCUT2D eigenvalue weighted by atomic mass is 10.2. The summed E-state index contributed by atoms with van der Waals surface area (Å²) in [6.45, 7) is 0.934. The van der Waals surface area contributed by atoms with Crippen LogP contribution in [0, 0.1) is 0 Å². The van der Waals surface area contributed by atoms with E-state index in [1.165, 1.54) is 13.1 Å². The topological polar surface area (TPSA) is 93.5 Å². The fourth-order valence-corrected chi connectivity index (χ4v) is 2.43. The molecule has 0 fully saturated rings. The number of aromatic nitrogens is 1. The first-order chi connectivity index (χ1) is 10.1. The third kappa shape index (κ3) is 3.81. The number of nitrogens with zero attached hydrogens (tertiary/aromatic N) is 1. The van der Waals surface area contributed by atoms with Crippen LogP contribution in [0.3, 0.4) is 0 Å². The number of hydrogen-bond acceptors (Lipinski definition) is 6. The average molecular weight is 311 g/mol. The van der Waals surface area contributed by atoms with Crippen LogP contribution in [0.2, 0.25) is 0 Å². The van der Waals surface area contributed by atoms with Crippen molar-refractivity contribution in [3.05, 3.63) is 41.8 Å². The lowest BCUT2D eigenvalue weighted by Gasteiger charge is -2.07. The Morgan fingerprint density at radius 2 is 2.10 bits per heavy atom. The molecule has 2 aromatic heterocycles. The first kappa shape index (κ1) is 15.5. The molecule has 0 unspecified atom stereocenters. The lowest BCUT2D eigenvalue weighted by molar-refractivity contribution is 0.385. The normalized spacial score (nSPS) is 11.5. The third-order valence-electron chi connectivity index (χ3n) is 2.83. The summed E-state index contributed by atoms with van der Waals surface area (Å²) in [6.07, 6.45) is 1.66. The predicted molar refractivity (Wildman–Crippen MR) is 76.3 cm³/mol. The van der Waals surface area contributed by atoms with Crippen molar-refractivity contribution in [1.82, 2.24) is 15.0 Å². The highest BCUT2D eigenvalue weighted by molar-refractivity contribution is 7.89. The summed E-state index contributed by atoms with van der Waals surface area (Å²) >= 11 is 0. The lowest BCUT2D eigenvalue weighted by Crippen LogP contribution is -2.18. The second-order valence-electron chi connectivity index (χ2n) is 4.20. The Balaban J connectivity index is 1.95. The van der Waals surface area contributed by atoms with Gasteiger partial charge in [-0.15, -0.1) is 0 Å². The minimum Gasteiger partial charge on any atom is -0.481 e. The van der Waals surface area contributed by atoms with Crippen LogP contribution in [0.5, 0.6) is 5.88 Å². The largest absolute Gasteiger partial charge is 0.481 e. The Hall–Kier alpha value is -1.90. The molecule has 0 aromatic carbocycles. The number of sulfonamides is 1. The zero-order valence-electron chi connectivity index (χ0n) is 11.8. The molecule has 2 N–H and O–H groups in total. The Morgan fingerprint density at radius 1 is 1.29 bits per heavy atom. The van der Waals surface area contributed by atoms with Crippen LogP contribution in [-0.4, -0.2) is 27.6 Å². The van der Waals surface area contributed by atoms with Gasteiger partial charge in [0.05, 0.1) is 13.7 Å². The summed E-state index contributed by atoms with van der Waals surface area (Å²) in [6, 6.07) is 6.77. The highest BCUT2D eigenvalue weighted by Crippen LogP contribution is 2.15. The molecule has 0 aliphatic rings. The van der Waals surface area contributed by atoms with E-state index in [2.05, 4.69) is 15.0 Å². The number of furan rings is 1. The van der Waals surface area contributed by atoms with Crippen molar-refractivity contribution in [2.45, 2.75) is 18.2 Å². The Kier molecular flexibility index (Phi) is 4.94. The molecule has 8 heteroatoms. The van der Waals surface area contributed by atoms with Gasteiger partial charge in [0.15, 0.2) is 0 Å². The van der Waals surface area contributed by atoms with E-state index in [4.69, 9.17) is 9.15 Å². The molecule has 0 atom stereocenters. The number of pyridine rings is 1. The van der Waals surface area contributed by atoms with Crippen molar-refractivity contribution in [3.63, 3.8) is 0 Å². The highest BCUT2D eigenvalue weighted by atomic mass is 32.2. The molecule has 2 aromatic rings. The summed E-state index contributed by atoms with van der Waals surface area (Å²) in [4.78, 5) is 4.10. The number of rotatable bonds is 7. The number of ether oxygens (including phenoxy) is 1. The van der Waals surface area contributed by atoms with Crippen molar-refractivity contribution < 1.29 is 17.6 Å². The molecule has 0 saturated carbocycles. The van der Waals surface area contributed by atoms with Crippen LogP contribution in [0.25, 0.3) is 0 Å². The molecule has 0 radical (unpaired) electrons. The summed E-state index contributed by atoms with van der Waals surface area (Å²) in [7, 11) is -0.639. The van der Waals surface area contributed by atoms with E-state index in [-0.39, 0.29) is 5.09 Å². The van der Waals surface area contributed by atoms with Crippen LogP contribution in [0.15, 0.2) is 40.0 Å². The maximum Gasteiger partial charge on any atom is 0.273 e. The second kappa shape index (κ2) is 6.70. The molecule has 0 spiro atoms. The molecule has 7 nitrogen and oxygen atoms in total. The maximum atomic E-state index is 11.5. The summed E-state index contributed by atoms with van der Waals surface area (Å²) in [5.74, 6) is 1.09. The minimum atomic E-state index is -3.54. The van der Waals surface area contributed by atoms with Gasteiger partial charge in [-0.3, -0.25) is 0 Å². The molecule has 0 saturated heterocycles. The quantitative estimate of drug-likeness (QED) is 0.788. The predicted octanol–water partition coefficient (Wildman–Crippen LogP) is 0.881. The Bertz CT molecular complexity index is 697. The molecule has 0 aliphatic heterocycles. The van der Waals surface area contributed by atoms with Gasteiger partial charge >= 0.3 is 0 Å². The molecule has 21 heavy (non-hydrogen) atoms. The van der Waals surface area contributed by atoms with Crippen LogP contribution in [0.1, 0.15) is 11.3 Å². The van der Waals surface area contributed by atoms with Gasteiger partial charge in [0.2, 0.25) is 11.0 Å². The maximum absolute atomic E-state index is 11.5. The molecule has 2 rings (SSSR count). The van der Waals surface area contributed by atoms with Crippen molar-refractivity contribution in [1.29, 1.82) is 0 Å². The summed E-state index contributed by atoms with van der Waals surface area (Å²) < 4.78 is 35.7. The minimum absolute atomic E-state index is 0.0965. The highest BCUT2D eigenvalue weighted by Gasteiger charge is 2.16. The van der Waals surface area contributed by atoms with Crippen molar-refractivity contribution in [3.8, 4) is 5.88 Å². The summed E-state index contributed by atoms with van der Waals surface area (Å²) in [5.41, 5.74) is 0.912. The van der Waals surface area contributed by atoms with Gasteiger partial charge in [0, 0.05) is 18.3 Å². The van der Waals surface area contributed by atoms with Crippen LogP contribution in [0.4, 0.5) is 0 Å². The molecular weight excluding hydrogens is 294 g/mol. The first-order valence-electron chi connectivity index (χ1n) is 6.27. The van der Waals surface area contributed by atoms with E-state index in [1.807, 2.05) is 12.1 Å². The number of hydrogen-bond donors (Lipinski definition) is 2. The van der Waals surface area contributed by atoms with Crippen molar-refractivity contribution in [2.75, 3.05) is 14.2 Å². The van der Waals surface area contributed by atoms with Gasteiger partial charge in [0.1, 0.15) is 5.76 Å². The van der Waals surface area contributed by atoms with Gasteiger partial charge in [-0.1, -0.05) is 6.07 Å². The van der Waals surface area contributed by atoms with Crippen LogP contribution in [-0.2, 0) is 23.1 Å². The fourth-order valence-electron chi connectivity index (χ4n) is 1.76. The second-order valence-corrected chi connectivity index (χ2v) is 6.02. The van der Waals surface area contributed by atoms with E-state index in [9.17, 15) is 8.42 Å². The smallest absolute Gasteiger partial charge is 0.273 e. The fraction of sp³-hybridized carbons (Fsp3) is 0.308. The van der Waals surface area contributed by atoms with Gasteiger partial charge in [-0.05, 0) is 25.2 Å². The monoisotopic (exact) mass is 311 g/mol. The molecule has 2 heterocycles. The van der Waals surface area contributed by atoms with Gasteiger partial charge in [0.25, 0.3) is 10.0 Å². The third-order valence-corrected chi connectivity index (χ3v) is 4.12. The zero-order chi connectivity index (χ0) is 15.3. The summed E-state index contributed by atoms with van der Waals surface area (Å²) in [5, 5.41) is 3.05. The molecule has 0 bridgehead atoms. The molecule has 114 valence electrons. The van der Waals surface area contributed by atoms with E-state index in [1.54, 1.807) is 19.4 Å². The Morgan fingerprint density at radius 3 is 2.81 bits per heavy atom. The van der Waals surface area contributed by atoms with Crippen LogP contribution >= 0.6 is 0 Å². The standard InChI is InChI=1S/C13H17N3O4S/c1-14-21(17,18)12-6-5-11(20-12)9-15-8-10-4-3-7-16-13(10)19-2/h3-7,14-15H,8-9H2,1-2H3. The number of nitrogens with one attached hydrogen (secondary N) is 2. The van der Waals surface area contributed by atoms with Gasteiger partial charge < -0.3 is 14.5 Å². The Labute approximate surface area is 123 Å². The number of methoxy groups -OCH3 is 1. The van der Waals surface area contributed by atoms with Crippen molar-refractivity contribution >= 4 is 10.0 Å². The van der Waals surface area contributed by atoms with E-state index in [0.717, 1.165) is 5.56 Å². The van der Waals surface area contributed by atoms with Crippen molar-refractivity contribution in [2.24, 2.45) is 0 Å². The zero-order valence-corrected chi connectivity index (χ0v) is 12.6. The molecule has 0 amide bonds. The van der Waals surface area contributed by atoms with E-state index in [0.29, 0.717) is 24.7 Å².